The molecule has 3 heteroatoms. The summed E-state index contributed by atoms with van der Waals surface area (Å²) in [6.07, 6.45) is 5.48. The van der Waals surface area contributed by atoms with Crippen LogP contribution in [0.2, 0.25) is 0 Å². The molecule has 0 bridgehead atoms. The lowest BCUT2D eigenvalue weighted by Crippen LogP contribution is -2.07. The van der Waals surface area contributed by atoms with Crippen molar-refractivity contribution in [3.05, 3.63) is 11.6 Å². The second-order valence-corrected chi connectivity index (χ2v) is 4.66. The Kier molecular flexibility index (Phi) is 3.99. The Hall–Kier alpha value is -0.500. The molecule has 0 spiro atoms. The maximum Gasteiger partial charge on any atom is 0.320 e. The van der Waals surface area contributed by atoms with Crippen molar-refractivity contribution in [2.45, 2.75) is 33.1 Å². The Morgan fingerprint density at radius 2 is 2.36 bits per heavy atom. The van der Waals surface area contributed by atoms with E-state index in [4.69, 9.17) is 16.3 Å². The fourth-order valence-corrected chi connectivity index (χ4v) is 1.79. The van der Waals surface area contributed by atoms with Crippen molar-refractivity contribution in [3.8, 4) is 0 Å². The predicted molar refractivity (Wildman–Crippen MR) is 57.4 cm³/mol. The highest BCUT2D eigenvalue weighted by Gasteiger charge is 2.22. The first kappa shape index (κ1) is 11.6. The highest BCUT2D eigenvalue weighted by Crippen LogP contribution is 2.35. The van der Waals surface area contributed by atoms with Gasteiger partial charge in [0.15, 0.2) is 0 Å². The third-order valence-electron chi connectivity index (χ3n) is 2.48. The van der Waals surface area contributed by atoms with Gasteiger partial charge in [0.1, 0.15) is 5.88 Å². The first-order valence-corrected chi connectivity index (χ1v) is 5.49. The SMILES string of the molecule is CC1(C)C=C(CCOC(=O)CCl)CC1. The summed E-state index contributed by atoms with van der Waals surface area (Å²) in [7, 11) is 0. The zero-order valence-corrected chi connectivity index (χ0v) is 9.56. The molecule has 0 unspecified atom stereocenters. The highest BCUT2D eigenvalue weighted by molar-refractivity contribution is 6.26. The van der Waals surface area contributed by atoms with E-state index in [0.717, 1.165) is 12.8 Å². The minimum Gasteiger partial charge on any atom is -0.464 e. The van der Waals surface area contributed by atoms with Crippen molar-refractivity contribution in [3.63, 3.8) is 0 Å². The lowest BCUT2D eigenvalue weighted by molar-refractivity contribution is -0.140. The number of alkyl halides is 1. The molecule has 0 N–H and O–H groups in total. The maximum atomic E-state index is 10.7. The summed E-state index contributed by atoms with van der Waals surface area (Å²) in [5.41, 5.74) is 1.73. The highest BCUT2D eigenvalue weighted by atomic mass is 35.5. The lowest BCUT2D eigenvalue weighted by atomic mass is 9.94. The van der Waals surface area contributed by atoms with E-state index < -0.39 is 0 Å². The van der Waals surface area contributed by atoms with Crippen molar-refractivity contribution < 1.29 is 9.53 Å². The van der Waals surface area contributed by atoms with Gasteiger partial charge >= 0.3 is 5.97 Å². The van der Waals surface area contributed by atoms with Gasteiger partial charge in [0.25, 0.3) is 0 Å². The summed E-state index contributed by atoms with van der Waals surface area (Å²) in [5.74, 6) is -0.380. The second-order valence-electron chi connectivity index (χ2n) is 4.40. The van der Waals surface area contributed by atoms with Crippen molar-refractivity contribution in [2.75, 3.05) is 12.5 Å². The van der Waals surface area contributed by atoms with Crippen LogP contribution in [-0.2, 0) is 9.53 Å². The van der Waals surface area contributed by atoms with Gasteiger partial charge in [-0.3, -0.25) is 4.79 Å². The zero-order chi connectivity index (χ0) is 10.6. The molecule has 0 amide bonds. The minimum absolute atomic E-state index is 0.0511. The summed E-state index contributed by atoms with van der Waals surface area (Å²) in [6, 6.07) is 0. The van der Waals surface area contributed by atoms with Crippen molar-refractivity contribution in [2.24, 2.45) is 5.41 Å². The molecule has 0 heterocycles. The molecule has 0 aliphatic heterocycles. The quantitative estimate of drug-likeness (QED) is 0.410. The molecule has 0 saturated carbocycles. The van der Waals surface area contributed by atoms with E-state index in [9.17, 15) is 4.79 Å². The van der Waals surface area contributed by atoms with Crippen LogP contribution in [0, 0.1) is 5.41 Å². The van der Waals surface area contributed by atoms with E-state index in [1.54, 1.807) is 0 Å². The number of hydrogen-bond donors (Lipinski definition) is 0. The molecule has 1 rings (SSSR count). The number of esters is 1. The number of ether oxygens (including phenoxy) is 1. The summed E-state index contributed by atoms with van der Waals surface area (Å²) in [6.45, 7) is 4.92. The summed E-state index contributed by atoms with van der Waals surface area (Å²) < 4.78 is 4.91. The lowest BCUT2D eigenvalue weighted by Gasteiger charge is -2.11. The smallest absolute Gasteiger partial charge is 0.320 e. The van der Waals surface area contributed by atoms with Gasteiger partial charge in [-0.05, 0) is 18.3 Å². The molecule has 1 aliphatic carbocycles. The predicted octanol–water partition coefficient (Wildman–Crippen LogP) is 2.90. The largest absolute Gasteiger partial charge is 0.464 e. The van der Waals surface area contributed by atoms with E-state index >= 15 is 0 Å². The molecule has 80 valence electrons. The average molecular weight is 217 g/mol. The summed E-state index contributed by atoms with van der Waals surface area (Å²) >= 11 is 5.30. The fraction of sp³-hybridized carbons (Fsp3) is 0.727. The molecule has 14 heavy (non-hydrogen) atoms. The molecule has 0 atom stereocenters. The van der Waals surface area contributed by atoms with Gasteiger partial charge in [0.05, 0.1) is 6.61 Å². The Bertz CT molecular complexity index is 244. The van der Waals surface area contributed by atoms with Crippen LogP contribution in [0.5, 0.6) is 0 Å². The third-order valence-corrected chi connectivity index (χ3v) is 2.70. The molecule has 0 radical (unpaired) electrons. The van der Waals surface area contributed by atoms with Crippen molar-refractivity contribution >= 4 is 17.6 Å². The van der Waals surface area contributed by atoms with Crippen LogP contribution in [0.15, 0.2) is 11.6 Å². The van der Waals surface area contributed by atoms with Gasteiger partial charge in [-0.1, -0.05) is 25.5 Å². The van der Waals surface area contributed by atoms with E-state index in [1.807, 2.05) is 0 Å². The Morgan fingerprint density at radius 3 is 2.86 bits per heavy atom. The zero-order valence-electron chi connectivity index (χ0n) is 8.81. The molecular weight excluding hydrogens is 200 g/mol. The molecule has 2 nitrogen and oxygen atoms in total. The molecule has 0 aromatic rings. The standard InChI is InChI=1S/C11H17ClO2/c1-11(2)5-3-9(7-11)4-6-14-10(13)8-12/h7H,3-6,8H2,1-2H3. The Morgan fingerprint density at radius 1 is 1.64 bits per heavy atom. The molecule has 0 aromatic heterocycles. The van der Waals surface area contributed by atoms with Crippen LogP contribution in [0.1, 0.15) is 33.1 Å². The van der Waals surface area contributed by atoms with Gasteiger partial charge in [-0.15, -0.1) is 11.6 Å². The van der Waals surface area contributed by atoms with E-state index in [1.165, 1.54) is 12.0 Å². The maximum absolute atomic E-state index is 10.7. The molecular formula is C11H17ClO2. The van der Waals surface area contributed by atoms with Gasteiger partial charge in [-0.2, -0.15) is 0 Å². The average Bonchev–Trinajstić information content (AvgIpc) is 2.45. The number of halogens is 1. The van der Waals surface area contributed by atoms with Crippen LogP contribution in [-0.4, -0.2) is 18.5 Å². The van der Waals surface area contributed by atoms with E-state index in [-0.39, 0.29) is 11.8 Å². The molecule has 0 aromatic carbocycles. The van der Waals surface area contributed by atoms with Gasteiger partial charge < -0.3 is 4.74 Å². The number of carbonyl (C=O) groups excluding carboxylic acids is 1. The fourth-order valence-electron chi connectivity index (χ4n) is 1.71. The number of carbonyl (C=O) groups is 1. The van der Waals surface area contributed by atoms with Crippen LogP contribution < -0.4 is 0 Å². The Labute approximate surface area is 90.3 Å². The van der Waals surface area contributed by atoms with Crippen molar-refractivity contribution in [1.29, 1.82) is 0 Å². The van der Waals surface area contributed by atoms with Crippen LogP contribution >= 0.6 is 11.6 Å². The molecule has 0 saturated heterocycles. The van der Waals surface area contributed by atoms with Gasteiger partial charge in [-0.25, -0.2) is 0 Å². The van der Waals surface area contributed by atoms with Crippen LogP contribution in [0.4, 0.5) is 0 Å². The first-order chi connectivity index (χ1) is 6.53. The topological polar surface area (TPSA) is 26.3 Å². The van der Waals surface area contributed by atoms with Crippen LogP contribution in [0.3, 0.4) is 0 Å². The summed E-state index contributed by atoms with van der Waals surface area (Å²) in [5, 5.41) is 0. The van der Waals surface area contributed by atoms with E-state index in [2.05, 4.69) is 19.9 Å². The molecule has 1 aliphatic rings. The second kappa shape index (κ2) is 4.83. The van der Waals surface area contributed by atoms with Gasteiger partial charge in [0.2, 0.25) is 0 Å². The monoisotopic (exact) mass is 216 g/mol. The number of rotatable bonds is 4. The van der Waals surface area contributed by atoms with Crippen LogP contribution in [0.25, 0.3) is 0 Å². The normalized spacial score (nSPS) is 19.2. The number of hydrogen-bond acceptors (Lipinski definition) is 2. The van der Waals surface area contributed by atoms with E-state index in [0.29, 0.717) is 12.0 Å². The third kappa shape index (κ3) is 3.70. The Balaban J connectivity index is 2.23. The van der Waals surface area contributed by atoms with Gasteiger partial charge in [0, 0.05) is 6.42 Å². The minimum atomic E-state index is -0.329. The molecule has 0 fully saturated rings. The number of allylic oxidation sites excluding steroid dienone is 1. The first-order valence-electron chi connectivity index (χ1n) is 4.96. The summed E-state index contributed by atoms with van der Waals surface area (Å²) in [4.78, 5) is 10.7. The van der Waals surface area contributed by atoms with Crippen molar-refractivity contribution in [1.82, 2.24) is 0 Å².